The van der Waals surface area contributed by atoms with Gasteiger partial charge in [-0.15, -0.1) is 0 Å². The Morgan fingerprint density at radius 1 is 1.22 bits per heavy atom. The summed E-state index contributed by atoms with van der Waals surface area (Å²) in [5, 5.41) is 0.898. The zero-order valence-electron chi connectivity index (χ0n) is 20.5. The van der Waals surface area contributed by atoms with Crippen LogP contribution in [0.3, 0.4) is 0 Å². The zero-order chi connectivity index (χ0) is 23.5. The smallest absolute Gasteiger partial charge is 0.351 e. The van der Waals surface area contributed by atoms with E-state index in [2.05, 4.69) is 45.8 Å². The fraction of sp³-hybridized carbons (Fsp3) is 0.667. The number of aromatic nitrogens is 2. The van der Waals surface area contributed by atoms with E-state index < -0.39 is 14.6 Å². The minimum atomic E-state index is -1.99. The minimum absolute atomic E-state index is 0.0787. The second kappa shape index (κ2) is 10.0. The van der Waals surface area contributed by atoms with E-state index in [1.807, 2.05) is 31.3 Å². The second-order valence-corrected chi connectivity index (χ2v) is 14.8. The third-order valence-electron chi connectivity index (χ3n) is 6.49. The Balaban J connectivity index is 1.91. The first-order valence-electron chi connectivity index (χ1n) is 11.7. The quantitative estimate of drug-likeness (QED) is 0.376. The van der Waals surface area contributed by atoms with Crippen molar-refractivity contribution in [2.24, 2.45) is 0 Å². The van der Waals surface area contributed by atoms with E-state index in [0.717, 1.165) is 30.4 Å². The van der Waals surface area contributed by atoms with Crippen molar-refractivity contribution in [1.29, 1.82) is 0 Å². The highest BCUT2D eigenvalue weighted by Gasteiger charge is 2.39. The van der Waals surface area contributed by atoms with Crippen LogP contribution in [0.15, 0.2) is 33.6 Å². The molecule has 2 unspecified atom stereocenters. The summed E-state index contributed by atoms with van der Waals surface area (Å²) in [5.41, 5.74) is 0.0265. The van der Waals surface area contributed by atoms with Crippen molar-refractivity contribution in [2.45, 2.75) is 90.4 Å². The molecule has 0 spiro atoms. The monoisotopic (exact) mass is 462 g/mol. The van der Waals surface area contributed by atoms with E-state index >= 15 is 0 Å². The van der Waals surface area contributed by atoms with Crippen molar-refractivity contribution in [3.63, 3.8) is 0 Å². The average Bonchev–Trinajstić information content (AvgIpc) is 3.11. The van der Waals surface area contributed by atoms with Crippen LogP contribution >= 0.6 is 0 Å². The fourth-order valence-electron chi connectivity index (χ4n) is 3.47. The van der Waals surface area contributed by atoms with Crippen molar-refractivity contribution in [3.8, 4) is 0 Å². The van der Waals surface area contributed by atoms with Gasteiger partial charge in [0.05, 0.1) is 18.0 Å². The molecule has 0 saturated heterocycles. The van der Waals surface area contributed by atoms with Crippen molar-refractivity contribution in [2.75, 3.05) is 13.2 Å². The third kappa shape index (κ3) is 5.59. The van der Waals surface area contributed by atoms with E-state index in [1.54, 1.807) is 4.57 Å². The summed E-state index contributed by atoms with van der Waals surface area (Å²) in [4.78, 5) is 17.1. The van der Waals surface area contributed by atoms with E-state index in [4.69, 9.17) is 18.3 Å². The topological polar surface area (TPSA) is 75.7 Å². The maximum absolute atomic E-state index is 12.9. The number of aryl methyl sites for hydroxylation is 1. The molecule has 178 valence electrons. The highest BCUT2D eigenvalue weighted by molar-refractivity contribution is 6.74. The summed E-state index contributed by atoms with van der Waals surface area (Å²) in [6, 6.07) is 1.64. The Bertz CT molecular complexity index is 988. The van der Waals surface area contributed by atoms with Crippen LogP contribution < -0.4 is 5.69 Å². The number of fused-ring (bicyclic) bond motifs is 1. The molecule has 0 fully saturated rings. The maximum Gasteiger partial charge on any atom is 0.351 e. The van der Waals surface area contributed by atoms with Gasteiger partial charge in [0.25, 0.3) is 0 Å². The Hall–Kier alpha value is -1.74. The van der Waals surface area contributed by atoms with Crippen molar-refractivity contribution >= 4 is 19.4 Å². The highest BCUT2D eigenvalue weighted by Crippen LogP contribution is 2.37. The Labute approximate surface area is 191 Å². The Morgan fingerprint density at radius 2 is 1.97 bits per heavy atom. The minimum Gasteiger partial charge on any atom is -0.443 e. The van der Waals surface area contributed by atoms with Gasteiger partial charge in [-0.05, 0) is 43.6 Å². The van der Waals surface area contributed by atoms with Gasteiger partial charge in [0, 0.05) is 19.2 Å². The van der Waals surface area contributed by atoms with Gasteiger partial charge in [0.2, 0.25) is 5.71 Å². The molecule has 3 heterocycles. The first kappa shape index (κ1) is 24.9. The largest absolute Gasteiger partial charge is 0.443 e. The molecule has 0 bridgehead atoms. The van der Waals surface area contributed by atoms with Gasteiger partial charge in [-0.25, -0.2) is 4.79 Å². The summed E-state index contributed by atoms with van der Waals surface area (Å²) >= 11 is 0. The first-order valence-corrected chi connectivity index (χ1v) is 14.6. The second-order valence-electron chi connectivity index (χ2n) is 9.95. The Morgan fingerprint density at radius 3 is 2.62 bits per heavy atom. The molecule has 0 radical (unpaired) electrons. The number of unbranched alkanes of at least 4 members (excludes halogenated alkanes) is 1. The summed E-state index contributed by atoms with van der Waals surface area (Å²) in [6.07, 6.45) is 7.79. The predicted molar refractivity (Wildman–Crippen MR) is 128 cm³/mol. The molecule has 0 N–H and O–H groups in total. The average molecular weight is 463 g/mol. The molecule has 0 aromatic carbocycles. The van der Waals surface area contributed by atoms with Crippen molar-refractivity contribution in [3.05, 3.63) is 40.7 Å². The van der Waals surface area contributed by atoms with Crippen LogP contribution in [0.1, 0.15) is 59.3 Å². The van der Waals surface area contributed by atoms with Crippen LogP contribution in [0.5, 0.6) is 0 Å². The summed E-state index contributed by atoms with van der Waals surface area (Å²) in [5.74, 6) is 0.858. The molecule has 8 heteroatoms. The van der Waals surface area contributed by atoms with Gasteiger partial charge in [-0.2, -0.15) is 4.98 Å². The van der Waals surface area contributed by atoms with E-state index in [0.29, 0.717) is 18.9 Å². The number of nitrogens with zero attached hydrogens (tertiary/aromatic N) is 2. The van der Waals surface area contributed by atoms with Crippen LogP contribution in [0.25, 0.3) is 11.1 Å². The lowest BCUT2D eigenvalue weighted by Gasteiger charge is -2.39. The van der Waals surface area contributed by atoms with Gasteiger partial charge < -0.3 is 18.3 Å². The van der Waals surface area contributed by atoms with Crippen molar-refractivity contribution < 1.29 is 18.3 Å². The van der Waals surface area contributed by atoms with Gasteiger partial charge in [0.15, 0.2) is 14.6 Å². The van der Waals surface area contributed by atoms with E-state index in [9.17, 15) is 4.79 Å². The van der Waals surface area contributed by atoms with Gasteiger partial charge in [0.1, 0.15) is 11.9 Å². The lowest BCUT2D eigenvalue weighted by molar-refractivity contribution is -0.163. The van der Waals surface area contributed by atoms with Crippen LogP contribution in [0.4, 0.5) is 0 Å². The number of rotatable bonds is 9. The van der Waals surface area contributed by atoms with Crippen LogP contribution in [0, 0.1) is 0 Å². The summed E-state index contributed by atoms with van der Waals surface area (Å²) in [7, 11) is -1.99. The SMILES string of the molecule is CCCCc1cc2cn(C3C=CC(OCC)O[C@@H]3CO[Si](C)(C)C(C)(C)C)c(=O)nc2o1. The molecule has 0 amide bonds. The lowest BCUT2D eigenvalue weighted by atomic mass is 10.1. The normalized spacial score (nSPS) is 22.0. The number of hydrogen-bond acceptors (Lipinski definition) is 6. The molecule has 2 aromatic heterocycles. The molecule has 1 aliphatic rings. The lowest BCUT2D eigenvalue weighted by Crippen LogP contribution is -2.47. The summed E-state index contributed by atoms with van der Waals surface area (Å²) < 4.78 is 25.7. The molecule has 3 rings (SSSR count). The molecule has 1 aliphatic heterocycles. The molecule has 7 nitrogen and oxygen atoms in total. The van der Waals surface area contributed by atoms with Crippen molar-refractivity contribution in [1.82, 2.24) is 9.55 Å². The molecule has 2 aromatic rings. The van der Waals surface area contributed by atoms with Gasteiger partial charge >= 0.3 is 5.69 Å². The molecule has 3 atom stereocenters. The van der Waals surface area contributed by atoms with Gasteiger partial charge in [-0.1, -0.05) is 40.2 Å². The van der Waals surface area contributed by atoms with Crippen LogP contribution in [-0.2, 0) is 20.3 Å². The van der Waals surface area contributed by atoms with Crippen LogP contribution in [0.2, 0.25) is 18.1 Å². The maximum atomic E-state index is 12.9. The molecule has 0 aliphatic carbocycles. The third-order valence-corrected chi connectivity index (χ3v) is 11.0. The van der Waals surface area contributed by atoms with E-state index in [-0.39, 0.29) is 22.9 Å². The molecular formula is C24H38N2O5Si. The first-order chi connectivity index (χ1) is 15.1. The molecular weight excluding hydrogens is 424 g/mol. The Kier molecular flexibility index (Phi) is 7.80. The zero-order valence-corrected chi connectivity index (χ0v) is 21.5. The van der Waals surface area contributed by atoms with Crippen LogP contribution in [-0.4, -0.2) is 43.5 Å². The predicted octanol–water partition coefficient (Wildman–Crippen LogP) is 5.21. The number of ether oxygens (including phenoxy) is 2. The number of hydrogen-bond donors (Lipinski definition) is 0. The fourth-order valence-corrected chi connectivity index (χ4v) is 4.48. The molecule has 0 saturated carbocycles. The number of furan rings is 1. The summed E-state index contributed by atoms with van der Waals surface area (Å²) in [6.45, 7) is 16.0. The van der Waals surface area contributed by atoms with Gasteiger partial charge in [-0.3, -0.25) is 4.57 Å². The van der Waals surface area contributed by atoms with E-state index in [1.165, 1.54) is 0 Å². The highest BCUT2D eigenvalue weighted by atomic mass is 28.4. The molecule has 32 heavy (non-hydrogen) atoms. The standard InChI is InChI=1S/C24H38N2O5Si/c1-8-10-11-18-14-17-15-26(23(27)25-22(17)30-18)19-12-13-21(28-9-2)31-20(19)16-29-32(6,7)24(3,4)5/h12-15,19-21H,8-11,16H2,1-7H3/t19?,20-,21?/m1/s1.